The van der Waals surface area contributed by atoms with Crippen LogP contribution in [0.2, 0.25) is 0 Å². The summed E-state index contributed by atoms with van der Waals surface area (Å²) in [6.45, 7) is 2.66. The van der Waals surface area contributed by atoms with Gasteiger partial charge in [0.2, 0.25) is 5.91 Å². The highest BCUT2D eigenvalue weighted by molar-refractivity contribution is 5.97. The molecule has 0 atom stereocenters. The highest BCUT2D eigenvalue weighted by Crippen LogP contribution is 2.13. The Bertz CT molecular complexity index is 698. The van der Waals surface area contributed by atoms with Crippen LogP contribution in [0.1, 0.15) is 61.4 Å². The summed E-state index contributed by atoms with van der Waals surface area (Å²) in [6.07, 6.45) is 6.12. The quantitative estimate of drug-likeness (QED) is 0.597. The monoisotopic (exact) mass is 352 g/mol. The van der Waals surface area contributed by atoms with Gasteiger partial charge in [-0.3, -0.25) is 9.59 Å². The van der Waals surface area contributed by atoms with Crippen LogP contribution >= 0.6 is 0 Å². The topological polar surface area (TPSA) is 58.2 Å². The predicted octanol–water partition coefficient (Wildman–Crippen LogP) is 4.92. The largest absolute Gasteiger partial charge is 0.348 e. The van der Waals surface area contributed by atoms with E-state index in [1.54, 1.807) is 18.2 Å². The molecule has 2 rings (SSSR count). The van der Waals surface area contributed by atoms with Crippen LogP contribution in [-0.2, 0) is 11.3 Å². The lowest BCUT2D eigenvalue weighted by Crippen LogP contribution is -2.23. The Kier molecular flexibility index (Phi) is 8.40. The van der Waals surface area contributed by atoms with Crippen molar-refractivity contribution in [3.05, 3.63) is 65.7 Å². The zero-order valence-corrected chi connectivity index (χ0v) is 15.5. The van der Waals surface area contributed by atoms with E-state index in [-0.39, 0.29) is 11.8 Å². The molecule has 0 unspecified atom stereocenters. The molecule has 2 aromatic rings. The molecule has 4 heteroatoms. The Morgan fingerprint density at radius 3 is 2.42 bits per heavy atom. The smallest absolute Gasteiger partial charge is 0.251 e. The Morgan fingerprint density at radius 2 is 1.65 bits per heavy atom. The second kappa shape index (κ2) is 11.1. The number of unbranched alkanes of at least 4 members (excludes halogenated alkanes) is 4. The van der Waals surface area contributed by atoms with Gasteiger partial charge in [0.15, 0.2) is 0 Å². The van der Waals surface area contributed by atoms with Gasteiger partial charge in [-0.05, 0) is 30.2 Å². The second-order valence-corrected chi connectivity index (χ2v) is 6.46. The molecule has 0 spiro atoms. The van der Waals surface area contributed by atoms with Crippen LogP contribution in [0.25, 0.3) is 0 Å². The molecule has 0 fully saturated rings. The summed E-state index contributed by atoms with van der Waals surface area (Å²) in [6, 6.07) is 16.8. The van der Waals surface area contributed by atoms with E-state index in [2.05, 4.69) is 17.6 Å². The van der Waals surface area contributed by atoms with E-state index >= 15 is 0 Å². The maximum Gasteiger partial charge on any atom is 0.251 e. The zero-order chi connectivity index (χ0) is 18.6. The van der Waals surface area contributed by atoms with Gasteiger partial charge in [0.25, 0.3) is 5.91 Å². The first-order chi connectivity index (χ1) is 12.7. The van der Waals surface area contributed by atoms with Gasteiger partial charge in [-0.2, -0.15) is 0 Å². The number of anilines is 1. The van der Waals surface area contributed by atoms with E-state index in [0.717, 1.165) is 18.4 Å². The SMILES string of the molecule is CCCCCCCC(=O)Nc1cccc(C(=O)NCc2ccccc2)c1. The van der Waals surface area contributed by atoms with Gasteiger partial charge in [-0.25, -0.2) is 0 Å². The minimum Gasteiger partial charge on any atom is -0.348 e. The van der Waals surface area contributed by atoms with Crippen molar-refractivity contribution in [2.24, 2.45) is 0 Å². The molecule has 4 nitrogen and oxygen atoms in total. The summed E-state index contributed by atoms with van der Waals surface area (Å²) < 4.78 is 0. The maximum absolute atomic E-state index is 12.3. The molecule has 0 bridgehead atoms. The summed E-state index contributed by atoms with van der Waals surface area (Å²) in [5, 5.41) is 5.78. The lowest BCUT2D eigenvalue weighted by molar-refractivity contribution is -0.116. The van der Waals surface area contributed by atoms with Gasteiger partial charge in [0.1, 0.15) is 0 Å². The van der Waals surface area contributed by atoms with Crippen LogP contribution in [0.4, 0.5) is 5.69 Å². The van der Waals surface area contributed by atoms with Gasteiger partial charge < -0.3 is 10.6 Å². The van der Waals surface area contributed by atoms with Crippen molar-refractivity contribution in [3.8, 4) is 0 Å². The standard InChI is InChI=1S/C22H28N2O2/c1-2-3-4-5-9-15-21(25)24-20-14-10-13-19(16-20)22(26)23-17-18-11-7-6-8-12-18/h6-8,10-14,16H,2-5,9,15,17H2,1H3,(H,23,26)(H,24,25). The third kappa shape index (κ3) is 7.09. The Labute approximate surface area is 156 Å². The number of benzene rings is 2. The third-order valence-electron chi connectivity index (χ3n) is 4.21. The molecule has 2 amide bonds. The molecule has 0 aliphatic heterocycles. The Balaban J connectivity index is 1.81. The highest BCUT2D eigenvalue weighted by atomic mass is 16.2. The van der Waals surface area contributed by atoms with Crippen molar-refractivity contribution in [1.29, 1.82) is 0 Å². The fourth-order valence-electron chi connectivity index (χ4n) is 2.73. The first kappa shape index (κ1) is 19.7. The fourth-order valence-corrected chi connectivity index (χ4v) is 2.73. The highest BCUT2D eigenvalue weighted by Gasteiger charge is 2.08. The summed E-state index contributed by atoms with van der Waals surface area (Å²) in [7, 11) is 0. The van der Waals surface area contributed by atoms with Crippen molar-refractivity contribution in [2.45, 2.75) is 52.0 Å². The van der Waals surface area contributed by atoms with Crippen molar-refractivity contribution < 1.29 is 9.59 Å². The molecule has 0 aromatic heterocycles. The van der Waals surface area contributed by atoms with Crippen molar-refractivity contribution in [3.63, 3.8) is 0 Å². The molecular formula is C22H28N2O2. The first-order valence-corrected chi connectivity index (χ1v) is 9.41. The second-order valence-electron chi connectivity index (χ2n) is 6.46. The fraction of sp³-hybridized carbons (Fsp3) is 0.364. The average Bonchev–Trinajstić information content (AvgIpc) is 2.67. The van der Waals surface area contributed by atoms with E-state index in [0.29, 0.717) is 24.2 Å². The molecule has 2 N–H and O–H groups in total. The van der Waals surface area contributed by atoms with Crippen LogP contribution in [0.15, 0.2) is 54.6 Å². The van der Waals surface area contributed by atoms with Crippen LogP contribution in [0, 0.1) is 0 Å². The zero-order valence-electron chi connectivity index (χ0n) is 15.5. The molecule has 0 aliphatic carbocycles. The number of carbonyl (C=O) groups excluding carboxylic acids is 2. The van der Waals surface area contributed by atoms with Gasteiger partial charge in [0.05, 0.1) is 0 Å². The van der Waals surface area contributed by atoms with Crippen LogP contribution in [0.5, 0.6) is 0 Å². The van der Waals surface area contributed by atoms with Crippen LogP contribution < -0.4 is 10.6 Å². The molecule has 0 heterocycles. The number of nitrogens with one attached hydrogen (secondary N) is 2. The van der Waals surface area contributed by atoms with Crippen molar-refractivity contribution >= 4 is 17.5 Å². The summed E-state index contributed by atoms with van der Waals surface area (Å²) in [4.78, 5) is 24.3. The number of carbonyl (C=O) groups is 2. The lowest BCUT2D eigenvalue weighted by atomic mass is 10.1. The van der Waals surface area contributed by atoms with E-state index < -0.39 is 0 Å². The number of hydrogen-bond donors (Lipinski definition) is 2. The average molecular weight is 352 g/mol. The molecular weight excluding hydrogens is 324 g/mol. The maximum atomic E-state index is 12.3. The molecule has 26 heavy (non-hydrogen) atoms. The van der Waals surface area contributed by atoms with Crippen LogP contribution in [0.3, 0.4) is 0 Å². The third-order valence-corrected chi connectivity index (χ3v) is 4.21. The molecule has 2 aromatic carbocycles. The van der Waals surface area contributed by atoms with E-state index in [1.807, 2.05) is 36.4 Å². The molecule has 0 aliphatic rings. The summed E-state index contributed by atoms with van der Waals surface area (Å²) >= 11 is 0. The minimum absolute atomic E-state index is 0.00309. The van der Waals surface area contributed by atoms with E-state index in [1.165, 1.54) is 19.3 Å². The molecule has 138 valence electrons. The van der Waals surface area contributed by atoms with Crippen molar-refractivity contribution in [1.82, 2.24) is 5.32 Å². The molecule has 0 saturated heterocycles. The minimum atomic E-state index is -0.149. The Hall–Kier alpha value is -2.62. The van der Waals surface area contributed by atoms with Crippen LogP contribution in [-0.4, -0.2) is 11.8 Å². The normalized spacial score (nSPS) is 10.3. The van der Waals surface area contributed by atoms with Gasteiger partial charge in [-0.1, -0.05) is 69.0 Å². The van der Waals surface area contributed by atoms with E-state index in [4.69, 9.17) is 0 Å². The number of amides is 2. The van der Waals surface area contributed by atoms with E-state index in [9.17, 15) is 9.59 Å². The molecule has 0 saturated carbocycles. The van der Waals surface area contributed by atoms with Gasteiger partial charge in [-0.15, -0.1) is 0 Å². The number of hydrogen-bond acceptors (Lipinski definition) is 2. The summed E-state index contributed by atoms with van der Waals surface area (Å²) in [5.74, 6) is -0.146. The number of rotatable bonds is 10. The lowest BCUT2D eigenvalue weighted by Gasteiger charge is -2.09. The predicted molar refractivity (Wildman–Crippen MR) is 106 cm³/mol. The van der Waals surface area contributed by atoms with Gasteiger partial charge in [0, 0.05) is 24.2 Å². The summed E-state index contributed by atoms with van der Waals surface area (Å²) in [5.41, 5.74) is 2.26. The van der Waals surface area contributed by atoms with Crippen molar-refractivity contribution in [2.75, 3.05) is 5.32 Å². The Morgan fingerprint density at radius 1 is 0.885 bits per heavy atom. The van der Waals surface area contributed by atoms with Gasteiger partial charge >= 0.3 is 0 Å². The first-order valence-electron chi connectivity index (χ1n) is 9.41. The molecule has 0 radical (unpaired) electrons.